The van der Waals surface area contributed by atoms with E-state index in [1.54, 1.807) is 18.2 Å². The monoisotopic (exact) mass is 344 g/mol. The van der Waals surface area contributed by atoms with Crippen LogP contribution in [-0.2, 0) is 9.53 Å². The Balaban J connectivity index is 2.05. The SMILES string of the molecule is COc1cccc(C(=O)O[C@H](C)C(=O)Nc2ccccc2[N+](=O)[O-])c1. The van der Waals surface area contributed by atoms with E-state index in [4.69, 9.17) is 9.47 Å². The number of nitro benzene ring substituents is 1. The molecule has 0 saturated carbocycles. The Morgan fingerprint density at radius 2 is 1.88 bits per heavy atom. The second-order valence-electron chi connectivity index (χ2n) is 5.04. The van der Waals surface area contributed by atoms with Crippen LogP contribution in [0.1, 0.15) is 17.3 Å². The molecular weight excluding hydrogens is 328 g/mol. The lowest BCUT2D eigenvalue weighted by Crippen LogP contribution is -2.30. The molecule has 0 bridgehead atoms. The van der Waals surface area contributed by atoms with E-state index in [0.717, 1.165) is 0 Å². The van der Waals surface area contributed by atoms with E-state index in [0.29, 0.717) is 5.75 Å². The van der Waals surface area contributed by atoms with Crippen molar-refractivity contribution in [3.05, 3.63) is 64.2 Å². The molecular formula is C17H16N2O6. The molecule has 0 aliphatic carbocycles. The van der Waals surface area contributed by atoms with Crippen LogP contribution in [0.5, 0.6) is 5.75 Å². The number of carbonyl (C=O) groups excluding carboxylic acids is 2. The molecule has 2 aromatic rings. The van der Waals surface area contributed by atoms with Crippen LogP contribution in [0.2, 0.25) is 0 Å². The zero-order valence-corrected chi connectivity index (χ0v) is 13.6. The van der Waals surface area contributed by atoms with Crippen LogP contribution in [-0.4, -0.2) is 30.0 Å². The van der Waals surface area contributed by atoms with Crippen molar-refractivity contribution in [2.45, 2.75) is 13.0 Å². The lowest BCUT2D eigenvalue weighted by molar-refractivity contribution is -0.383. The molecule has 0 radical (unpaired) electrons. The van der Waals surface area contributed by atoms with Gasteiger partial charge >= 0.3 is 5.97 Å². The largest absolute Gasteiger partial charge is 0.497 e. The van der Waals surface area contributed by atoms with Crippen LogP contribution in [0.25, 0.3) is 0 Å². The van der Waals surface area contributed by atoms with Crippen molar-refractivity contribution in [1.29, 1.82) is 0 Å². The number of carbonyl (C=O) groups is 2. The third kappa shape index (κ3) is 4.54. The van der Waals surface area contributed by atoms with E-state index in [1.165, 1.54) is 44.4 Å². The van der Waals surface area contributed by atoms with Crippen LogP contribution in [0.3, 0.4) is 0 Å². The Morgan fingerprint density at radius 3 is 2.56 bits per heavy atom. The number of ether oxygens (including phenoxy) is 2. The number of nitrogens with one attached hydrogen (secondary N) is 1. The number of anilines is 1. The fourth-order valence-corrected chi connectivity index (χ4v) is 2.01. The van der Waals surface area contributed by atoms with Gasteiger partial charge < -0.3 is 14.8 Å². The standard InChI is InChI=1S/C17H16N2O6/c1-11(25-17(21)12-6-5-7-13(10-12)24-2)16(20)18-14-8-3-4-9-15(14)19(22)23/h3-11H,1-2H3,(H,18,20)/t11-/m1/s1. The van der Waals surface area contributed by atoms with Gasteiger partial charge in [0.2, 0.25) is 0 Å². The minimum absolute atomic E-state index is 0.0294. The third-order valence-corrected chi connectivity index (χ3v) is 3.32. The van der Waals surface area contributed by atoms with Crippen LogP contribution < -0.4 is 10.1 Å². The van der Waals surface area contributed by atoms with Gasteiger partial charge in [-0.05, 0) is 31.2 Å². The zero-order chi connectivity index (χ0) is 18.4. The molecule has 1 atom stereocenters. The van der Waals surface area contributed by atoms with E-state index in [-0.39, 0.29) is 16.9 Å². The summed E-state index contributed by atoms with van der Waals surface area (Å²) in [7, 11) is 1.47. The Kier molecular flexibility index (Phi) is 5.67. The summed E-state index contributed by atoms with van der Waals surface area (Å²) in [5.74, 6) is -0.902. The Bertz CT molecular complexity index is 805. The van der Waals surface area contributed by atoms with Crippen LogP contribution in [0, 0.1) is 10.1 Å². The van der Waals surface area contributed by atoms with E-state index >= 15 is 0 Å². The summed E-state index contributed by atoms with van der Waals surface area (Å²) in [5, 5.41) is 13.3. The smallest absolute Gasteiger partial charge is 0.339 e. The minimum Gasteiger partial charge on any atom is -0.497 e. The average molecular weight is 344 g/mol. The lowest BCUT2D eigenvalue weighted by Gasteiger charge is -2.14. The van der Waals surface area contributed by atoms with Gasteiger partial charge in [0.15, 0.2) is 6.10 Å². The summed E-state index contributed by atoms with van der Waals surface area (Å²) < 4.78 is 10.1. The fraction of sp³-hybridized carbons (Fsp3) is 0.176. The molecule has 0 aliphatic rings. The number of benzene rings is 2. The zero-order valence-electron chi connectivity index (χ0n) is 13.6. The normalized spacial score (nSPS) is 11.3. The molecule has 130 valence electrons. The van der Waals surface area contributed by atoms with Crippen molar-refractivity contribution in [2.24, 2.45) is 0 Å². The van der Waals surface area contributed by atoms with Crippen molar-refractivity contribution in [2.75, 3.05) is 12.4 Å². The van der Waals surface area contributed by atoms with Crippen molar-refractivity contribution in [3.8, 4) is 5.75 Å². The van der Waals surface area contributed by atoms with Gasteiger partial charge in [0.1, 0.15) is 11.4 Å². The average Bonchev–Trinajstić information content (AvgIpc) is 2.61. The topological polar surface area (TPSA) is 108 Å². The first kappa shape index (κ1) is 17.9. The fourth-order valence-electron chi connectivity index (χ4n) is 2.01. The first-order valence-corrected chi connectivity index (χ1v) is 7.31. The highest BCUT2D eigenvalue weighted by Gasteiger charge is 2.22. The maximum absolute atomic E-state index is 12.1. The van der Waals surface area contributed by atoms with E-state index < -0.39 is 22.9 Å². The van der Waals surface area contributed by atoms with Crippen molar-refractivity contribution >= 4 is 23.3 Å². The molecule has 8 heteroatoms. The molecule has 0 aromatic heterocycles. The predicted octanol–water partition coefficient (Wildman–Crippen LogP) is 2.79. The van der Waals surface area contributed by atoms with Gasteiger partial charge in [-0.25, -0.2) is 4.79 Å². The Hall–Kier alpha value is -3.42. The third-order valence-electron chi connectivity index (χ3n) is 3.32. The number of para-hydroxylation sites is 2. The summed E-state index contributed by atoms with van der Waals surface area (Å²) in [6.45, 7) is 1.38. The quantitative estimate of drug-likeness (QED) is 0.490. The summed E-state index contributed by atoms with van der Waals surface area (Å²) in [6.07, 6.45) is -1.14. The predicted molar refractivity (Wildman–Crippen MR) is 89.6 cm³/mol. The van der Waals surface area contributed by atoms with Crippen molar-refractivity contribution in [3.63, 3.8) is 0 Å². The summed E-state index contributed by atoms with van der Waals surface area (Å²) in [6, 6.07) is 12.0. The molecule has 0 heterocycles. The number of hydrogen-bond donors (Lipinski definition) is 1. The van der Waals surface area contributed by atoms with E-state index in [9.17, 15) is 19.7 Å². The molecule has 0 spiro atoms. The number of rotatable bonds is 6. The first-order valence-electron chi connectivity index (χ1n) is 7.31. The molecule has 25 heavy (non-hydrogen) atoms. The second kappa shape index (κ2) is 7.91. The van der Waals surface area contributed by atoms with Gasteiger partial charge in [-0.3, -0.25) is 14.9 Å². The number of hydrogen-bond acceptors (Lipinski definition) is 6. The molecule has 0 aliphatic heterocycles. The summed E-state index contributed by atoms with van der Waals surface area (Å²) in [4.78, 5) is 34.6. The molecule has 8 nitrogen and oxygen atoms in total. The number of esters is 1. The first-order chi connectivity index (χ1) is 11.9. The Labute approximate surface area is 143 Å². The van der Waals surface area contributed by atoms with Crippen molar-refractivity contribution < 1.29 is 24.0 Å². The minimum atomic E-state index is -1.14. The van der Waals surface area contributed by atoms with E-state index in [1.807, 2.05) is 0 Å². The van der Waals surface area contributed by atoms with Crippen molar-refractivity contribution in [1.82, 2.24) is 0 Å². The van der Waals surface area contributed by atoms with Gasteiger partial charge in [-0.15, -0.1) is 0 Å². The van der Waals surface area contributed by atoms with Gasteiger partial charge in [0.25, 0.3) is 11.6 Å². The van der Waals surface area contributed by atoms with Crippen LogP contribution in [0.4, 0.5) is 11.4 Å². The molecule has 1 amide bonds. The highest BCUT2D eigenvalue weighted by Crippen LogP contribution is 2.23. The molecule has 1 N–H and O–H groups in total. The number of methoxy groups -OCH3 is 1. The van der Waals surface area contributed by atoms with Gasteiger partial charge in [-0.2, -0.15) is 0 Å². The molecule has 2 aromatic carbocycles. The molecule has 2 rings (SSSR count). The maximum Gasteiger partial charge on any atom is 0.339 e. The highest BCUT2D eigenvalue weighted by molar-refractivity contribution is 5.98. The van der Waals surface area contributed by atoms with Gasteiger partial charge in [0, 0.05) is 6.07 Å². The summed E-state index contributed by atoms with van der Waals surface area (Å²) in [5.41, 5.74) is 0.00800. The highest BCUT2D eigenvalue weighted by atomic mass is 16.6. The summed E-state index contributed by atoms with van der Waals surface area (Å²) >= 11 is 0. The Morgan fingerprint density at radius 1 is 1.16 bits per heavy atom. The van der Waals surface area contributed by atoms with Crippen LogP contribution in [0.15, 0.2) is 48.5 Å². The number of nitro groups is 1. The number of amides is 1. The van der Waals surface area contributed by atoms with Crippen LogP contribution >= 0.6 is 0 Å². The number of nitrogens with zero attached hydrogens (tertiary/aromatic N) is 1. The molecule has 0 fully saturated rings. The second-order valence-corrected chi connectivity index (χ2v) is 5.04. The van der Waals surface area contributed by atoms with Gasteiger partial charge in [0.05, 0.1) is 17.6 Å². The molecule has 0 saturated heterocycles. The molecule has 0 unspecified atom stereocenters. The van der Waals surface area contributed by atoms with Gasteiger partial charge in [-0.1, -0.05) is 18.2 Å². The van der Waals surface area contributed by atoms with E-state index in [2.05, 4.69) is 5.32 Å². The lowest BCUT2D eigenvalue weighted by atomic mass is 10.2. The maximum atomic E-state index is 12.1.